The van der Waals surface area contributed by atoms with Crippen LogP contribution in [-0.2, 0) is 9.47 Å². The highest BCUT2D eigenvalue weighted by Crippen LogP contribution is 2.30. The summed E-state index contributed by atoms with van der Waals surface area (Å²) in [4.78, 5) is 14.6. The Morgan fingerprint density at radius 2 is 1.95 bits per heavy atom. The molecule has 2 saturated heterocycles. The molecule has 1 amide bonds. The molecule has 0 saturated carbocycles. The van der Waals surface area contributed by atoms with E-state index < -0.39 is 0 Å². The molecule has 2 aliphatic rings. The zero-order valence-electron chi connectivity index (χ0n) is 11.6. The van der Waals surface area contributed by atoms with Gasteiger partial charge in [-0.3, -0.25) is 4.79 Å². The average Bonchev–Trinajstić information content (AvgIpc) is 3.03. The van der Waals surface area contributed by atoms with E-state index in [2.05, 4.69) is 0 Å². The van der Waals surface area contributed by atoms with Crippen molar-refractivity contribution in [1.82, 2.24) is 4.90 Å². The van der Waals surface area contributed by atoms with Gasteiger partial charge in [0, 0.05) is 6.54 Å². The minimum Gasteiger partial charge on any atom is -0.348 e. The molecule has 0 N–H and O–H groups in total. The normalized spacial score (nSPS) is 23.5. The van der Waals surface area contributed by atoms with Crippen LogP contribution in [0.2, 0.25) is 10.0 Å². The quantitative estimate of drug-likeness (QED) is 0.835. The number of benzene rings is 1. The average molecular weight is 330 g/mol. The number of halogens is 2. The van der Waals surface area contributed by atoms with Gasteiger partial charge in [-0.05, 0) is 31.4 Å². The summed E-state index contributed by atoms with van der Waals surface area (Å²) < 4.78 is 11.2. The smallest absolute Gasteiger partial charge is 0.255 e. The van der Waals surface area contributed by atoms with Crippen LogP contribution in [0.1, 0.15) is 29.6 Å². The van der Waals surface area contributed by atoms with Gasteiger partial charge in [0.2, 0.25) is 0 Å². The van der Waals surface area contributed by atoms with Crippen molar-refractivity contribution in [3.05, 3.63) is 33.8 Å². The summed E-state index contributed by atoms with van der Waals surface area (Å²) in [6.07, 6.45) is 2.61. The van der Waals surface area contributed by atoms with Gasteiger partial charge in [-0.2, -0.15) is 0 Å². The van der Waals surface area contributed by atoms with Crippen LogP contribution in [0, 0.1) is 0 Å². The molecule has 1 unspecified atom stereocenters. The van der Waals surface area contributed by atoms with Crippen LogP contribution in [0.25, 0.3) is 0 Å². The number of hydrogen-bond donors (Lipinski definition) is 0. The van der Waals surface area contributed by atoms with Crippen LogP contribution < -0.4 is 0 Å². The molecular weight excluding hydrogens is 313 g/mol. The molecule has 1 aromatic carbocycles. The molecule has 21 heavy (non-hydrogen) atoms. The van der Waals surface area contributed by atoms with Crippen molar-refractivity contribution in [2.45, 2.75) is 31.6 Å². The first-order chi connectivity index (χ1) is 10.2. The third kappa shape index (κ3) is 3.04. The highest BCUT2D eigenvalue weighted by atomic mass is 35.5. The number of rotatable bonds is 2. The Balaban J connectivity index is 1.85. The van der Waals surface area contributed by atoms with Gasteiger partial charge in [0.15, 0.2) is 6.29 Å². The first-order valence-electron chi connectivity index (χ1n) is 7.16. The number of carbonyl (C=O) groups is 1. The molecule has 1 aromatic rings. The third-order valence-electron chi connectivity index (χ3n) is 3.95. The minimum atomic E-state index is -0.327. The van der Waals surface area contributed by atoms with Crippen LogP contribution in [0.3, 0.4) is 0 Å². The predicted octanol–water partition coefficient (Wildman–Crippen LogP) is 3.36. The van der Waals surface area contributed by atoms with Gasteiger partial charge in [0.1, 0.15) is 0 Å². The van der Waals surface area contributed by atoms with Crippen LogP contribution >= 0.6 is 23.2 Å². The van der Waals surface area contributed by atoms with Gasteiger partial charge in [0.25, 0.3) is 5.91 Å². The highest BCUT2D eigenvalue weighted by Gasteiger charge is 2.37. The maximum atomic E-state index is 12.8. The number of piperidine rings is 1. The Hall–Kier alpha value is -0.810. The maximum absolute atomic E-state index is 12.8. The molecule has 2 heterocycles. The SMILES string of the molecule is O=C(c1cccc(Cl)c1Cl)N1CCCCC1C1OCCO1. The van der Waals surface area contributed by atoms with E-state index in [0.29, 0.717) is 35.4 Å². The molecule has 0 spiro atoms. The standard InChI is InChI=1S/C15H17Cl2NO3/c16-11-5-3-4-10(13(11)17)14(19)18-7-2-1-6-12(18)15-20-8-9-21-15/h3-5,12,15H,1-2,6-9H2. The molecule has 114 valence electrons. The van der Waals surface area contributed by atoms with Gasteiger partial charge in [0.05, 0.1) is 34.9 Å². The van der Waals surface area contributed by atoms with E-state index in [-0.39, 0.29) is 18.2 Å². The molecule has 0 bridgehead atoms. The van der Waals surface area contributed by atoms with E-state index in [1.54, 1.807) is 18.2 Å². The summed E-state index contributed by atoms with van der Waals surface area (Å²) in [5.74, 6) is -0.105. The molecule has 0 aromatic heterocycles. The second kappa shape index (κ2) is 6.53. The predicted molar refractivity (Wildman–Crippen MR) is 80.8 cm³/mol. The molecule has 4 nitrogen and oxygen atoms in total. The molecule has 1 atom stereocenters. The van der Waals surface area contributed by atoms with Crippen molar-refractivity contribution >= 4 is 29.1 Å². The lowest BCUT2D eigenvalue weighted by Crippen LogP contribution is -2.50. The lowest BCUT2D eigenvalue weighted by atomic mass is 10.00. The van der Waals surface area contributed by atoms with Crippen molar-refractivity contribution < 1.29 is 14.3 Å². The zero-order chi connectivity index (χ0) is 14.8. The number of hydrogen-bond acceptors (Lipinski definition) is 3. The van der Waals surface area contributed by atoms with Crippen molar-refractivity contribution in [1.29, 1.82) is 0 Å². The highest BCUT2D eigenvalue weighted by molar-refractivity contribution is 6.43. The summed E-state index contributed by atoms with van der Waals surface area (Å²) in [6.45, 7) is 1.86. The first kappa shape index (κ1) is 15.1. The second-order valence-electron chi connectivity index (χ2n) is 5.27. The Morgan fingerprint density at radius 1 is 1.19 bits per heavy atom. The van der Waals surface area contributed by atoms with E-state index in [1.165, 1.54) is 0 Å². The van der Waals surface area contributed by atoms with Gasteiger partial charge >= 0.3 is 0 Å². The fourth-order valence-corrected chi connectivity index (χ4v) is 3.30. The molecular formula is C15H17Cl2NO3. The summed E-state index contributed by atoms with van der Waals surface area (Å²) in [5, 5.41) is 0.700. The summed E-state index contributed by atoms with van der Waals surface area (Å²) in [5.41, 5.74) is 0.439. The fourth-order valence-electron chi connectivity index (χ4n) is 2.91. The number of ether oxygens (including phenoxy) is 2. The third-order valence-corrected chi connectivity index (χ3v) is 4.77. The van der Waals surface area contributed by atoms with Crippen LogP contribution in [0.4, 0.5) is 0 Å². The summed E-state index contributed by atoms with van der Waals surface area (Å²) >= 11 is 12.2. The van der Waals surface area contributed by atoms with Crippen LogP contribution in [-0.4, -0.2) is 42.9 Å². The summed E-state index contributed by atoms with van der Waals surface area (Å²) in [6, 6.07) is 5.07. The molecule has 6 heteroatoms. The van der Waals surface area contributed by atoms with Gasteiger partial charge in [-0.1, -0.05) is 29.3 Å². The van der Waals surface area contributed by atoms with E-state index in [0.717, 1.165) is 19.3 Å². The second-order valence-corrected chi connectivity index (χ2v) is 6.06. The molecule has 0 aliphatic carbocycles. The summed E-state index contributed by atoms with van der Waals surface area (Å²) in [7, 11) is 0. The molecule has 3 rings (SSSR count). The monoisotopic (exact) mass is 329 g/mol. The topological polar surface area (TPSA) is 38.8 Å². The van der Waals surface area contributed by atoms with E-state index in [4.69, 9.17) is 32.7 Å². The maximum Gasteiger partial charge on any atom is 0.255 e. The first-order valence-corrected chi connectivity index (χ1v) is 7.92. The molecule has 0 radical (unpaired) electrons. The van der Waals surface area contributed by atoms with Crippen LogP contribution in [0.15, 0.2) is 18.2 Å². The van der Waals surface area contributed by atoms with Crippen molar-refractivity contribution in [3.63, 3.8) is 0 Å². The van der Waals surface area contributed by atoms with E-state index in [1.807, 2.05) is 4.90 Å². The lowest BCUT2D eigenvalue weighted by Gasteiger charge is -2.38. The van der Waals surface area contributed by atoms with Crippen LogP contribution in [0.5, 0.6) is 0 Å². The van der Waals surface area contributed by atoms with E-state index in [9.17, 15) is 4.79 Å². The zero-order valence-corrected chi connectivity index (χ0v) is 13.1. The number of nitrogens with zero attached hydrogens (tertiary/aromatic N) is 1. The molecule has 2 fully saturated rings. The lowest BCUT2D eigenvalue weighted by molar-refractivity contribution is -0.100. The van der Waals surface area contributed by atoms with Crippen molar-refractivity contribution in [3.8, 4) is 0 Å². The van der Waals surface area contributed by atoms with Gasteiger partial charge in [-0.15, -0.1) is 0 Å². The molecule has 2 aliphatic heterocycles. The number of likely N-dealkylation sites (tertiary alicyclic amines) is 1. The van der Waals surface area contributed by atoms with Gasteiger partial charge < -0.3 is 14.4 Å². The number of amides is 1. The Bertz CT molecular complexity index is 532. The van der Waals surface area contributed by atoms with Crippen molar-refractivity contribution in [2.75, 3.05) is 19.8 Å². The van der Waals surface area contributed by atoms with E-state index >= 15 is 0 Å². The Morgan fingerprint density at radius 3 is 2.71 bits per heavy atom. The minimum absolute atomic E-state index is 0.0520. The largest absolute Gasteiger partial charge is 0.348 e. The van der Waals surface area contributed by atoms with Crippen molar-refractivity contribution in [2.24, 2.45) is 0 Å². The van der Waals surface area contributed by atoms with Gasteiger partial charge in [-0.25, -0.2) is 0 Å². The Kier molecular flexibility index (Phi) is 4.69. The number of carbonyl (C=O) groups excluding carboxylic acids is 1. The fraction of sp³-hybridized carbons (Fsp3) is 0.533. The Labute approximate surface area is 133 Å².